The molecule has 0 radical (unpaired) electrons. The molecule has 0 amide bonds. The van der Waals surface area contributed by atoms with Gasteiger partial charge in [-0.25, -0.2) is 0 Å². The van der Waals surface area contributed by atoms with Crippen LogP contribution in [0.15, 0.2) is 46.9 Å². The third-order valence-electron chi connectivity index (χ3n) is 3.36. The molecule has 2 aromatic carbocycles. The molecule has 112 valence electrons. The first-order valence-corrected chi connectivity index (χ1v) is 7.82. The molecule has 0 aliphatic heterocycles. The number of halogens is 1. The van der Waals surface area contributed by atoms with Crippen molar-refractivity contribution in [3.05, 3.63) is 58.1 Å². The maximum Gasteiger partial charge on any atom is 0.128 e. The quantitative estimate of drug-likeness (QED) is 0.782. The summed E-state index contributed by atoms with van der Waals surface area (Å²) in [5.41, 5.74) is 2.18. The van der Waals surface area contributed by atoms with E-state index in [9.17, 15) is 5.11 Å². The summed E-state index contributed by atoms with van der Waals surface area (Å²) in [4.78, 5) is 0. The zero-order valence-corrected chi connectivity index (χ0v) is 14.4. The molecule has 0 saturated carbocycles. The Balaban J connectivity index is 2.25. The van der Waals surface area contributed by atoms with E-state index in [4.69, 9.17) is 4.74 Å². The Hall–Kier alpha value is -1.32. The van der Waals surface area contributed by atoms with E-state index in [1.165, 1.54) is 5.56 Å². The summed E-state index contributed by atoms with van der Waals surface area (Å²) < 4.78 is 6.77. The maximum absolute atomic E-state index is 9.64. The predicted octanol–water partition coefficient (Wildman–Crippen LogP) is 5.59. The van der Waals surface area contributed by atoms with Gasteiger partial charge in [0.25, 0.3) is 0 Å². The number of benzene rings is 2. The Kier molecular flexibility index (Phi) is 4.74. The summed E-state index contributed by atoms with van der Waals surface area (Å²) in [6.07, 6.45) is -0.502. The van der Waals surface area contributed by atoms with Crippen LogP contribution in [0.4, 0.5) is 0 Å². The Morgan fingerprint density at radius 3 is 2.29 bits per heavy atom. The second kappa shape index (κ2) is 6.20. The second-order valence-electron chi connectivity index (χ2n) is 6.24. The molecule has 0 aliphatic rings. The van der Waals surface area contributed by atoms with Gasteiger partial charge in [-0.05, 0) is 47.7 Å². The lowest BCUT2D eigenvalue weighted by atomic mass is 9.87. The molecule has 21 heavy (non-hydrogen) atoms. The number of rotatable bonds is 3. The number of hydrogen-bond donors (Lipinski definition) is 1. The standard InChI is InChI=1S/C18H21BrO2/c1-12(20)16-9-8-15(11-17(16)19)21-14-7-5-6-13(10-14)18(2,3)4/h5-12,20H,1-4H3/t12-/m1/s1. The summed E-state index contributed by atoms with van der Waals surface area (Å²) in [7, 11) is 0. The average Bonchev–Trinajstić information content (AvgIpc) is 2.37. The van der Waals surface area contributed by atoms with Crippen molar-refractivity contribution in [3.8, 4) is 11.5 Å². The molecule has 0 aliphatic carbocycles. The lowest BCUT2D eigenvalue weighted by molar-refractivity contribution is 0.198. The van der Waals surface area contributed by atoms with Gasteiger partial charge in [-0.15, -0.1) is 0 Å². The van der Waals surface area contributed by atoms with E-state index in [1.807, 2.05) is 30.3 Å². The lowest BCUT2D eigenvalue weighted by Gasteiger charge is -2.20. The van der Waals surface area contributed by atoms with Crippen molar-refractivity contribution < 1.29 is 9.84 Å². The molecule has 0 unspecified atom stereocenters. The van der Waals surface area contributed by atoms with E-state index >= 15 is 0 Å². The molecular formula is C18H21BrO2. The largest absolute Gasteiger partial charge is 0.457 e. The van der Waals surface area contributed by atoms with Crippen LogP contribution < -0.4 is 4.74 Å². The molecule has 0 aromatic heterocycles. The van der Waals surface area contributed by atoms with Crippen LogP contribution >= 0.6 is 15.9 Å². The molecule has 3 heteroatoms. The van der Waals surface area contributed by atoms with Crippen molar-refractivity contribution >= 4 is 15.9 Å². The minimum absolute atomic E-state index is 0.0934. The van der Waals surface area contributed by atoms with E-state index < -0.39 is 6.10 Å². The van der Waals surface area contributed by atoms with Crippen molar-refractivity contribution in [3.63, 3.8) is 0 Å². The van der Waals surface area contributed by atoms with Crippen LogP contribution in [0, 0.1) is 0 Å². The second-order valence-corrected chi connectivity index (χ2v) is 7.09. The molecule has 0 spiro atoms. The van der Waals surface area contributed by atoms with E-state index in [2.05, 4.69) is 48.8 Å². The topological polar surface area (TPSA) is 29.5 Å². The fourth-order valence-electron chi connectivity index (χ4n) is 2.07. The van der Waals surface area contributed by atoms with E-state index in [-0.39, 0.29) is 5.41 Å². The fourth-order valence-corrected chi connectivity index (χ4v) is 2.76. The molecule has 0 saturated heterocycles. The number of ether oxygens (including phenoxy) is 1. The molecule has 0 bridgehead atoms. The van der Waals surface area contributed by atoms with Crippen LogP contribution in [-0.2, 0) is 5.41 Å². The number of hydrogen-bond acceptors (Lipinski definition) is 2. The SMILES string of the molecule is C[C@@H](O)c1ccc(Oc2cccc(C(C)(C)C)c2)cc1Br. The van der Waals surface area contributed by atoms with Gasteiger partial charge in [-0.2, -0.15) is 0 Å². The van der Waals surface area contributed by atoms with Crippen LogP contribution in [0.2, 0.25) is 0 Å². The summed E-state index contributed by atoms with van der Waals surface area (Å²) in [6, 6.07) is 13.8. The summed E-state index contributed by atoms with van der Waals surface area (Å²) in [6.45, 7) is 8.29. The first kappa shape index (κ1) is 16.1. The Labute approximate surface area is 134 Å². The zero-order chi connectivity index (χ0) is 15.6. The van der Waals surface area contributed by atoms with Gasteiger partial charge >= 0.3 is 0 Å². The van der Waals surface area contributed by atoms with Gasteiger partial charge in [0, 0.05) is 4.47 Å². The third kappa shape index (κ3) is 4.08. The molecule has 2 aromatic rings. The highest BCUT2D eigenvalue weighted by Gasteiger charge is 2.14. The van der Waals surface area contributed by atoms with Crippen molar-refractivity contribution in [2.24, 2.45) is 0 Å². The predicted molar refractivity (Wildman–Crippen MR) is 90.0 cm³/mol. The van der Waals surface area contributed by atoms with Crippen LogP contribution in [0.5, 0.6) is 11.5 Å². The van der Waals surface area contributed by atoms with E-state index in [0.717, 1.165) is 21.5 Å². The summed E-state index contributed by atoms with van der Waals surface area (Å²) in [5.74, 6) is 1.57. The van der Waals surface area contributed by atoms with Crippen molar-refractivity contribution in [2.75, 3.05) is 0 Å². The highest BCUT2D eigenvalue weighted by atomic mass is 79.9. The molecule has 2 rings (SSSR count). The van der Waals surface area contributed by atoms with Crippen LogP contribution in [0.1, 0.15) is 44.9 Å². The van der Waals surface area contributed by atoms with Crippen molar-refractivity contribution in [1.82, 2.24) is 0 Å². The van der Waals surface area contributed by atoms with Gasteiger partial charge in [0.2, 0.25) is 0 Å². The first-order chi connectivity index (χ1) is 9.77. The lowest BCUT2D eigenvalue weighted by Crippen LogP contribution is -2.10. The smallest absolute Gasteiger partial charge is 0.128 e. The minimum atomic E-state index is -0.502. The number of aliphatic hydroxyl groups excluding tert-OH is 1. The number of aliphatic hydroxyl groups is 1. The molecular weight excluding hydrogens is 328 g/mol. The fraction of sp³-hybridized carbons (Fsp3) is 0.333. The van der Waals surface area contributed by atoms with Gasteiger partial charge in [-0.3, -0.25) is 0 Å². The van der Waals surface area contributed by atoms with Crippen LogP contribution in [-0.4, -0.2) is 5.11 Å². The molecule has 1 N–H and O–H groups in total. The highest BCUT2D eigenvalue weighted by molar-refractivity contribution is 9.10. The zero-order valence-electron chi connectivity index (χ0n) is 12.9. The van der Waals surface area contributed by atoms with Gasteiger partial charge in [0.15, 0.2) is 0 Å². The summed E-state index contributed by atoms with van der Waals surface area (Å²) in [5, 5.41) is 9.64. The normalized spacial score (nSPS) is 13.0. The van der Waals surface area contributed by atoms with Crippen molar-refractivity contribution in [1.29, 1.82) is 0 Å². The van der Waals surface area contributed by atoms with E-state index in [0.29, 0.717) is 0 Å². The van der Waals surface area contributed by atoms with Gasteiger partial charge in [-0.1, -0.05) is 54.9 Å². The molecule has 2 nitrogen and oxygen atoms in total. The van der Waals surface area contributed by atoms with E-state index in [1.54, 1.807) is 6.92 Å². The molecule has 0 fully saturated rings. The maximum atomic E-state index is 9.64. The average molecular weight is 349 g/mol. The highest BCUT2D eigenvalue weighted by Crippen LogP contribution is 2.32. The molecule has 1 atom stereocenters. The van der Waals surface area contributed by atoms with Crippen molar-refractivity contribution in [2.45, 2.75) is 39.2 Å². The Bertz CT molecular complexity index is 627. The Morgan fingerprint density at radius 2 is 1.71 bits per heavy atom. The molecule has 0 heterocycles. The monoisotopic (exact) mass is 348 g/mol. The van der Waals surface area contributed by atoms with Crippen LogP contribution in [0.3, 0.4) is 0 Å². The minimum Gasteiger partial charge on any atom is -0.457 e. The third-order valence-corrected chi connectivity index (χ3v) is 4.04. The van der Waals surface area contributed by atoms with Crippen LogP contribution in [0.25, 0.3) is 0 Å². The first-order valence-electron chi connectivity index (χ1n) is 7.03. The van der Waals surface area contributed by atoms with Gasteiger partial charge in [0.05, 0.1) is 6.10 Å². The summed E-state index contributed by atoms with van der Waals surface area (Å²) >= 11 is 3.47. The van der Waals surface area contributed by atoms with Gasteiger partial charge in [0.1, 0.15) is 11.5 Å². The van der Waals surface area contributed by atoms with Gasteiger partial charge < -0.3 is 9.84 Å². The Morgan fingerprint density at radius 1 is 1.05 bits per heavy atom.